The largest absolute Gasteiger partial charge is 0.358 e. The fourth-order valence-electron chi connectivity index (χ4n) is 5.82. The van der Waals surface area contributed by atoms with Gasteiger partial charge in [-0.25, -0.2) is 4.79 Å². The Morgan fingerprint density at radius 3 is 1.98 bits per heavy atom. The summed E-state index contributed by atoms with van der Waals surface area (Å²) in [6.07, 6.45) is 2.79. The van der Waals surface area contributed by atoms with Gasteiger partial charge in [-0.3, -0.25) is 14.3 Å². The van der Waals surface area contributed by atoms with E-state index in [1.807, 2.05) is 54.6 Å². The smallest absolute Gasteiger partial charge is 0.330 e. The Balaban J connectivity index is 1.33. The molecule has 0 radical (unpaired) electrons. The van der Waals surface area contributed by atoms with Crippen molar-refractivity contribution in [3.05, 3.63) is 141 Å². The van der Waals surface area contributed by atoms with Crippen molar-refractivity contribution < 1.29 is 18.9 Å². The third kappa shape index (κ3) is 5.83. The molecule has 0 bridgehead atoms. The van der Waals surface area contributed by atoms with E-state index in [1.165, 1.54) is 16.8 Å². The molecular formula is C33H34N2O6. The van der Waals surface area contributed by atoms with Crippen molar-refractivity contribution in [1.82, 2.24) is 9.55 Å². The summed E-state index contributed by atoms with van der Waals surface area (Å²) in [5, 5.41) is 0. The number of nitrogens with one attached hydrogen (secondary N) is 1. The van der Waals surface area contributed by atoms with Gasteiger partial charge in [0.05, 0.1) is 12.7 Å². The molecule has 3 heterocycles. The van der Waals surface area contributed by atoms with Gasteiger partial charge in [0.15, 0.2) is 12.5 Å². The van der Waals surface area contributed by atoms with Crippen molar-refractivity contribution in [2.75, 3.05) is 13.2 Å². The van der Waals surface area contributed by atoms with Crippen LogP contribution in [0.3, 0.4) is 0 Å². The van der Waals surface area contributed by atoms with Crippen LogP contribution < -0.4 is 11.2 Å². The van der Waals surface area contributed by atoms with Gasteiger partial charge in [-0.2, -0.15) is 0 Å². The lowest BCUT2D eigenvalue weighted by atomic mass is 9.80. The Morgan fingerprint density at radius 1 is 0.829 bits per heavy atom. The van der Waals surface area contributed by atoms with E-state index in [0.717, 1.165) is 36.0 Å². The van der Waals surface area contributed by atoms with Crippen molar-refractivity contribution in [1.29, 1.82) is 0 Å². The first-order chi connectivity index (χ1) is 20.1. The van der Waals surface area contributed by atoms with Gasteiger partial charge in [0.25, 0.3) is 5.56 Å². The number of rotatable bonds is 9. The molecule has 0 amide bonds. The number of benzene rings is 3. The molecule has 3 aromatic carbocycles. The molecule has 41 heavy (non-hydrogen) atoms. The number of aromatic nitrogens is 2. The van der Waals surface area contributed by atoms with E-state index >= 15 is 0 Å². The monoisotopic (exact) mass is 554 g/mol. The van der Waals surface area contributed by atoms with E-state index in [1.54, 1.807) is 0 Å². The van der Waals surface area contributed by atoms with Gasteiger partial charge in [-0.1, -0.05) is 91.0 Å². The molecule has 8 heteroatoms. The zero-order chi connectivity index (χ0) is 28.1. The molecule has 0 aliphatic carbocycles. The Morgan fingerprint density at radius 2 is 1.44 bits per heavy atom. The van der Waals surface area contributed by atoms with Crippen LogP contribution in [0.5, 0.6) is 0 Å². The minimum atomic E-state index is -0.900. The number of ether oxygens (including phenoxy) is 4. The molecule has 1 N–H and O–H groups in total. The average Bonchev–Trinajstić information content (AvgIpc) is 3.41. The van der Waals surface area contributed by atoms with Crippen molar-refractivity contribution in [2.45, 2.75) is 56.0 Å². The summed E-state index contributed by atoms with van der Waals surface area (Å²) in [4.78, 5) is 26.8. The maximum Gasteiger partial charge on any atom is 0.330 e. The third-order valence-electron chi connectivity index (χ3n) is 7.76. The molecule has 2 aliphatic rings. The summed E-state index contributed by atoms with van der Waals surface area (Å²) in [7, 11) is 0. The van der Waals surface area contributed by atoms with E-state index in [0.29, 0.717) is 13.0 Å². The Labute approximate surface area is 238 Å². The molecule has 0 spiro atoms. The van der Waals surface area contributed by atoms with Crippen LogP contribution in [0, 0.1) is 0 Å². The minimum Gasteiger partial charge on any atom is -0.358 e. The summed E-state index contributed by atoms with van der Waals surface area (Å²) in [6, 6.07) is 31.8. The molecule has 4 atom stereocenters. The maximum absolute atomic E-state index is 12.8. The molecule has 212 valence electrons. The molecule has 4 aromatic rings. The van der Waals surface area contributed by atoms with Gasteiger partial charge >= 0.3 is 5.69 Å². The number of nitrogens with zero attached hydrogens (tertiary/aromatic N) is 1. The Kier molecular flexibility index (Phi) is 8.25. The van der Waals surface area contributed by atoms with E-state index in [9.17, 15) is 9.59 Å². The molecule has 4 unspecified atom stereocenters. The first kappa shape index (κ1) is 27.4. The van der Waals surface area contributed by atoms with Gasteiger partial charge in [0, 0.05) is 25.3 Å². The van der Waals surface area contributed by atoms with E-state index in [-0.39, 0.29) is 19.0 Å². The second-order valence-electron chi connectivity index (χ2n) is 10.5. The predicted molar refractivity (Wildman–Crippen MR) is 153 cm³/mol. The third-order valence-corrected chi connectivity index (χ3v) is 7.76. The van der Waals surface area contributed by atoms with E-state index in [4.69, 9.17) is 18.9 Å². The fraction of sp³-hybridized carbons (Fsp3) is 0.333. The van der Waals surface area contributed by atoms with Crippen LogP contribution in [0.4, 0.5) is 0 Å². The molecule has 2 aliphatic heterocycles. The predicted octanol–water partition coefficient (Wildman–Crippen LogP) is 4.74. The lowest BCUT2D eigenvalue weighted by Crippen LogP contribution is -2.38. The number of hydrogen-bond acceptors (Lipinski definition) is 6. The minimum absolute atomic E-state index is 0.235. The first-order valence-electron chi connectivity index (χ1n) is 14.2. The second-order valence-corrected chi connectivity index (χ2v) is 10.5. The van der Waals surface area contributed by atoms with Gasteiger partial charge in [0.1, 0.15) is 11.7 Å². The van der Waals surface area contributed by atoms with Gasteiger partial charge in [0.2, 0.25) is 0 Å². The summed E-state index contributed by atoms with van der Waals surface area (Å²) in [5.41, 5.74) is 1.07. The molecule has 0 saturated carbocycles. The first-order valence-corrected chi connectivity index (χ1v) is 14.2. The standard InChI is InChI=1S/C33H34N2O6/c36-29-19-20-35(32(37)34-29)31-28(41-30-18-10-11-21-38-30)22-27(40-31)23-39-33(24-12-4-1-5-13-24,25-14-6-2-7-15-25)26-16-8-3-9-17-26/h1-9,12-17,19-20,27-28,30-31H,10-11,18,21-23H2,(H,34,36,37). The SMILES string of the molecule is O=c1ccn(C2OC(COC(c3ccccc3)(c3ccccc3)c3ccccc3)CC2OC2CCCCO2)c(=O)[nH]1. The fourth-order valence-corrected chi connectivity index (χ4v) is 5.82. The van der Waals surface area contributed by atoms with Crippen LogP contribution in [0.15, 0.2) is 113 Å². The van der Waals surface area contributed by atoms with Crippen LogP contribution >= 0.6 is 0 Å². The highest BCUT2D eigenvalue weighted by Crippen LogP contribution is 2.42. The van der Waals surface area contributed by atoms with Gasteiger partial charge in [-0.05, 0) is 36.0 Å². The number of hydrogen-bond donors (Lipinski definition) is 1. The number of aromatic amines is 1. The van der Waals surface area contributed by atoms with Crippen LogP contribution in [0.25, 0.3) is 0 Å². The average molecular weight is 555 g/mol. The van der Waals surface area contributed by atoms with Gasteiger partial charge in [-0.15, -0.1) is 0 Å². The number of H-pyrrole nitrogens is 1. The normalized spacial score (nSPS) is 22.9. The second kappa shape index (κ2) is 12.4. The summed E-state index contributed by atoms with van der Waals surface area (Å²) in [5.74, 6) is 0. The summed E-state index contributed by atoms with van der Waals surface area (Å²) in [6.45, 7) is 0.875. The van der Waals surface area contributed by atoms with Crippen LogP contribution in [0.1, 0.15) is 48.6 Å². The lowest BCUT2D eigenvalue weighted by Gasteiger charge is -2.36. The van der Waals surface area contributed by atoms with Crippen molar-refractivity contribution in [2.24, 2.45) is 0 Å². The lowest BCUT2D eigenvalue weighted by molar-refractivity contribution is -0.205. The highest BCUT2D eigenvalue weighted by Gasteiger charge is 2.43. The topological polar surface area (TPSA) is 91.8 Å². The summed E-state index contributed by atoms with van der Waals surface area (Å²) < 4.78 is 27.0. The molecule has 8 nitrogen and oxygen atoms in total. The van der Waals surface area contributed by atoms with E-state index in [2.05, 4.69) is 41.4 Å². The maximum atomic E-state index is 12.8. The van der Waals surface area contributed by atoms with Crippen LogP contribution in [-0.2, 0) is 24.5 Å². The Bertz CT molecular complexity index is 1420. The van der Waals surface area contributed by atoms with Crippen LogP contribution in [0.2, 0.25) is 0 Å². The van der Waals surface area contributed by atoms with Crippen LogP contribution in [-0.4, -0.2) is 41.3 Å². The summed E-state index contributed by atoms with van der Waals surface area (Å²) >= 11 is 0. The molecule has 2 fully saturated rings. The van der Waals surface area contributed by atoms with Crippen molar-refractivity contribution >= 4 is 0 Å². The van der Waals surface area contributed by atoms with Gasteiger partial charge < -0.3 is 18.9 Å². The highest BCUT2D eigenvalue weighted by atomic mass is 16.7. The zero-order valence-electron chi connectivity index (χ0n) is 22.8. The van der Waals surface area contributed by atoms with Crippen molar-refractivity contribution in [3.63, 3.8) is 0 Å². The molecule has 2 saturated heterocycles. The highest BCUT2D eigenvalue weighted by molar-refractivity contribution is 5.47. The quantitative estimate of drug-likeness (QED) is 0.301. The molecular weight excluding hydrogens is 520 g/mol. The molecule has 6 rings (SSSR count). The Hall–Kier alpha value is -3.82. The van der Waals surface area contributed by atoms with Crippen molar-refractivity contribution in [3.8, 4) is 0 Å². The zero-order valence-corrected chi connectivity index (χ0v) is 22.8. The van der Waals surface area contributed by atoms with E-state index < -0.39 is 29.2 Å². The molecule has 1 aromatic heterocycles.